The molecule has 23 heteroatoms. The van der Waals surface area contributed by atoms with Gasteiger partial charge in [0.05, 0.1) is 38.6 Å². The number of fused-ring (bicyclic) bond motifs is 7. The molecule has 4 saturated carbocycles. The molecule has 28 atom stereocenters. The molecule has 0 spiro atoms. The van der Waals surface area contributed by atoms with Crippen LogP contribution in [-0.4, -0.2) is 233 Å². The summed E-state index contributed by atoms with van der Waals surface area (Å²) in [5.41, 5.74) is -2.15. The van der Waals surface area contributed by atoms with Gasteiger partial charge in [0, 0.05) is 0 Å². The quantitative estimate of drug-likeness (QED) is 0.0581. The van der Waals surface area contributed by atoms with Gasteiger partial charge in [0.15, 0.2) is 18.9 Å². The number of hydrogen-bond acceptors (Lipinski definition) is 23. The second kappa shape index (κ2) is 21.3. The highest BCUT2D eigenvalue weighted by Crippen LogP contribution is 2.76. The summed E-state index contributed by atoms with van der Waals surface area (Å²) in [6, 6.07) is 0. The van der Waals surface area contributed by atoms with Crippen LogP contribution in [0.15, 0.2) is 11.6 Å². The number of allylic oxidation sites excluding steroid dienone is 2. The van der Waals surface area contributed by atoms with E-state index in [0.717, 1.165) is 24.8 Å². The van der Waals surface area contributed by atoms with E-state index in [0.29, 0.717) is 32.1 Å². The van der Waals surface area contributed by atoms with E-state index in [1.165, 1.54) is 0 Å². The fourth-order valence-electron chi connectivity index (χ4n) is 16.3. The molecule has 0 unspecified atom stereocenters. The van der Waals surface area contributed by atoms with Crippen molar-refractivity contribution in [2.24, 2.45) is 50.2 Å². The Morgan fingerprint density at radius 2 is 1.13 bits per heavy atom. The minimum absolute atomic E-state index is 0.0942. The summed E-state index contributed by atoms with van der Waals surface area (Å²) in [5.74, 6) is -0.955. The Hall–Kier alpha value is -1.63. The van der Waals surface area contributed by atoms with Gasteiger partial charge in [0.1, 0.15) is 97.0 Å². The molecule has 5 aliphatic carbocycles. The van der Waals surface area contributed by atoms with Gasteiger partial charge in [-0.25, -0.2) is 0 Å². The van der Waals surface area contributed by atoms with Gasteiger partial charge in [-0.3, -0.25) is 4.79 Å². The standard InChI is InChI=1S/C53H86O23/c1-48(2)14-15-53(47(68)76-45-38(65)36(63)33(60)26(19-55)71-45)23(16-48)22-8-9-29-50(5)12-11-31(49(3,4)28(50)10-13-51(29,6)52(22,7)17-30(53)58)73-43-39(66)41(24(57)21-69-43)74-46-40(67)42(34(61)27(20-56)72-46)75-44-37(64)35(62)32(59)25(18-54)70-44/h8,23-46,54-67H,9-21H2,1-7H3/t23-,24-,25+,26+,27+,28-,29+,30+,31-,32+,33+,34+,35-,36-,37+,38+,39+,40+,41-,42-,43-,44-,45-,46-,50-,51+,52+,53+/m0/s1. The van der Waals surface area contributed by atoms with E-state index >= 15 is 0 Å². The maximum atomic E-state index is 14.8. The van der Waals surface area contributed by atoms with Crippen molar-refractivity contribution in [1.82, 2.24) is 0 Å². The molecule has 76 heavy (non-hydrogen) atoms. The Balaban J connectivity index is 0.910. The fourth-order valence-corrected chi connectivity index (χ4v) is 16.3. The van der Waals surface area contributed by atoms with Gasteiger partial charge in [-0.05, 0) is 103 Å². The number of aliphatic hydroxyl groups is 14. The molecule has 9 rings (SSSR count). The smallest absolute Gasteiger partial charge is 0.317 e. The van der Waals surface area contributed by atoms with E-state index in [1.54, 1.807) is 0 Å². The van der Waals surface area contributed by atoms with Crippen LogP contribution in [0.3, 0.4) is 0 Å². The van der Waals surface area contributed by atoms with Crippen molar-refractivity contribution in [2.45, 2.75) is 235 Å². The molecule has 0 aromatic heterocycles. The van der Waals surface area contributed by atoms with E-state index in [9.17, 15) is 76.3 Å². The van der Waals surface area contributed by atoms with Gasteiger partial charge in [-0.1, -0.05) is 60.1 Å². The van der Waals surface area contributed by atoms with Gasteiger partial charge < -0.3 is 109 Å². The molecule has 4 saturated heterocycles. The molecule has 23 nitrogen and oxygen atoms in total. The van der Waals surface area contributed by atoms with Crippen LogP contribution in [0.1, 0.15) is 106 Å². The zero-order chi connectivity index (χ0) is 55.6. The van der Waals surface area contributed by atoms with Crippen LogP contribution >= 0.6 is 0 Å². The first-order valence-electron chi connectivity index (χ1n) is 27.3. The Kier molecular flexibility index (Phi) is 16.5. The molecule has 0 amide bonds. The summed E-state index contributed by atoms with van der Waals surface area (Å²) in [6.45, 7) is 12.9. The van der Waals surface area contributed by atoms with Gasteiger partial charge >= 0.3 is 5.97 Å². The summed E-state index contributed by atoms with van der Waals surface area (Å²) in [7, 11) is 0. The van der Waals surface area contributed by atoms with Crippen LogP contribution in [0.4, 0.5) is 0 Å². The maximum Gasteiger partial charge on any atom is 0.317 e. The molecular weight excluding hydrogens is 1000 g/mol. The molecule has 4 aliphatic heterocycles. The van der Waals surface area contributed by atoms with Crippen LogP contribution in [0.25, 0.3) is 0 Å². The first-order chi connectivity index (χ1) is 35.6. The monoisotopic (exact) mass is 1090 g/mol. The average Bonchev–Trinajstić information content (AvgIpc) is 3.36. The topological polar surface area (TPSA) is 374 Å². The molecule has 0 bridgehead atoms. The van der Waals surface area contributed by atoms with Crippen LogP contribution in [0.2, 0.25) is 0 Å². The average molecular weight is 1090 g/mol. The first-order valence-corrected chi connectivity index (χ1v) is 27.3. The van der Waals surface area contributed by atoms with Crippen molar-refractivity contribution in [2.75, 3.05) is 26.4 Å². The second-order valence-corrected chi connectivity index (χ2v) is 25.9. The summed E-state index contributed by atoms with van der Waals surface area (Å²) < 4.78 is 47.1. The largest absolute Gasteiger partial charge is 0.432 e. The molecule has 436 valence electrons. The molecule has 0 radical (unpaired) electrons. The normalized spacial score (nSPS) is 54.0. The molecule has 8 fully saturated rings. The van der Waals surface area contributed by atoms with E-state index in [4.69, 9.17) is 37.9 Å². The number of esters is 1. The van der Waals surface area contributed by atoms with Gasteiger partial charge in [-0.15, -0.1) is 0 Å². The lowest BCUT2D eigenvalue weighted by Crippen LogP contribution is -2.68. The number of aliphatic hydroxyl groups excluding tert-OH is 14. The van der Waals surface area contributed by atoms with Crippen LogP contribution in [0, 0.1) is 50.2 Å². The van der Waals surface area contributed by atoms with E-state index < -0.39 is 177 Å². The lowest BCUT2D eigenvalue weighted by Gasteiger charge is -2.71. The number of carbonyl (C=O) groups excluding carboxylic acids is 1. The first kappa shape index (κ1) is 59.0. The number of ether oxygens (including phenoxy) is 8. The third-order valence-electron chi connectivity index (χ3n) is 21.1. The molecule has 0 aromatic rings. The van der Waals surface area contributed by atoms with Gasteiger partial charge in [0.25, 0.3) is 0 Å². The lowest BCUT2D eigenvalue weighted by atomic mass is 9.33. The Labute approximate surface area is 442 Å². The van der Waals surface area contributed by atoms with Crippen molar-refractivity contribution >= 4 is 5.97 Å². The van der Waals surface area contributed by atoms with Crippen LogP contribution in [-0.2, 0) is 42.7 Å². The number of rotatable bonds is 11. The van der Waals surface area contributed by atoms with E-state index in [1.807, 2.05) is 0 Å². The summed E-state index contributed by atoms with van der Waals surface area (Å²) >= 11 is 0. The third kappa shape index (κ3) is 9.37. The predicted octanol–water partition coefficient (Wildman–Crippen LogP) is -2.43. The Morgan fingerprint density at radius 1 is 0.579 bits per heavy atom. The van der Waals surface area contributed by atoms with Gasteiger partial charge in [-0.2, -0.15) is 0 Å². The minimum Gasteiger partial charge on any atom is -0.432 e. The van der Waals surface area contributed by atoms with Gasteiger partial charge in [0.2, 0.25) is 6.29 Å². The highest BCUT2D eigenvalue weighted by molar-refractivity contribution is 5.80. The summed E-state index contributed by atoms with van der Waals surface area (Å²) in [4.78, 5) is 14.8. The van der Waals surface area contributed by atoms with Crippen LogP contribution < -0.4 is 0 Å². The Morgan fingerprint density at radius 3 is 1.75 bits per heavy atom. The number of carbonyl (C=O) groups is 1. The van der Waals surface area contributed by atoms with Crippen molar-refractivity contribution in [3.8, 4) is 0 Å². The molecule has 9 aliphatic rings. The SMILES string of the molecule is CC1(C)CC[C@]2(C(=O)O[C@@H]3O[C@H](CO)[C@@H](O)[C@H](O)[C@H]3O)[C@H](O)C[C@]3(C)C(=CC[C@@H]4[C@@]5(C)CC[C@H](O[C@@H]6OC[C@H](O)[C@H](O[C@@H]7O[C@H](CO)[C@@H](O)[C@H](O[C@@H]8O[C@H](CO)[C@@H](O)[C@H](O)[C@H]8O)[C@H]7O)[C@H]6O)C(C)(C)[C@@H]5CC[C@]43C)[C@@H]2C1. The highest BCUT2D eigenvalue weighted by Gasteiger charge is 2.72. The zero-order valence-corrected chi connectivity index (χ0v) is 44.6. The van der Waals surface area contributed by atoms with E-state index in [2.05, 4.69) is 54.5 Å². The second-order valence-electron chi connectivity index (χ2n) is 25.9. The van der Waals surface area contributed by atoms with Crippen molar-refractivity contribution in [1.29, 1.82) is 0 Å². The predicted molar refractivity (Wildman–Crippen MR) is 258 cm³/mol. The van der Waals surface area contributed by atoms with Crippen molar-refractivity contribution in [3.63, 3.8) is 0 Å². The van der Waals surface area contributed by atoms with Crippen LogP contribution in [0.5, 0.6) is 0 Å². The lowest BCUT2D eigenvalue weighted by molar-refractivity contribution is -0.379. The molecular formula is C53H86O23. The number of hydrogen-bond donors (Lipinski definition) is 14. The Bertz CT molecular complexity index is 2090. The zero-order valence-electron chi connectivity index (χ0n) is 44.6. The maximum absolute atomic E-state index is 14.8. The summed E-state index contributed by atoms with van der Waals surface area (Å²) in [5, 5.41) is 151. The van der Waals surface area contributed by atoms with Crippen molar-refractivity contribution in [3.05, 3.63) is 11.6 Å². The molecule has 14 N–H and O–H groups in total. The minimum atomic E-state index is -1.91. The molecule has 0 aromatic carbocycles. The summed E-state index contributed by atoms with van der Waals surface area (Å²) in [6.07, 6.45) is -25.3. The van der Waals surface area contributed by atoms with Crippen molar-refractivity contribution < 1.29 is 114 Å². The fraction of sp³-hybridized carbons (Fsp3) is 0.943. The highest BCUT2D eigenvalue weighted by atomic mass is 16.8. The molecule has 4 heterocycles. The van der Waals surface area contributed by atoms with E-state index in [-0.39, 0.29) is 41.1 Å². The third-order valence-corrected chi connectivity index (χ3v) is 21.1.